The van der Waals surface area contributed by atoms with Crippen LogP contribution in [0, 0.1) is 11.3 Å². The molecule has 0 atom stereocenters. The molecule has 0 fully saturated rings. The van der Waals surface area contributed by atoms with Gasteiger partial charge >= 0.3 is 0 Å². The standard InChI is InChI=1S/C15H20ClN3O3/c1-4-12(11(2)16)14-19-13(10-17)15(22-14)18-6-5-7-21-9-8-20-3/h4,18H,1,5-9H2,2-3H3/b12-11-. The average molecular weight is 326 g/mol. The zero-order valence-corrected chi connectivity index (χ0v) is 13.6. The second kappa shape index (κ2) is 10.0. The quantitative estimate of drug-likeness (QED) is 0.525. The van der Waals surface area contributed by atoms with Crippen LogP contribution in [-0.2, 0) is 9.47 Å². The van der Waals surface area contributed by atoms with Crippen LogP contribution in [0.25, 0.3) is 5.57 Å². The number of hydrogen-bond donors (Lipinski definition) is 1. The van der Waals surface area contributed by atoms with Crippen molar-refractivity contribution in [1.82, 2.24) is 4.98 Å². The molecule has 0 aliphatic heterocycles. The summed E-state index contributed by atoms with van der Waals surface area (Å²) in [6, 6.07) is 1.99. The first-order valence-electron chi connectivity index (χ1n) is 6.84. The maximum absolute atomic E-state index is 9.10. The van der Waals surface area contributed by atoms with Crippen LogP contribution in [0.15, 0.2) is 22.1 Å². The Labute approximate surface area is 135 Å². The van der Waals surface area contributed by atoms with Gasteiger partial charge in [0.25, 0.3) is 0 Å². The summed E-state index contributed by atoms with van der Waals surface area (Å²) in [7, 11) is 1.63. The number of ether oxygens (including phenoxy) is 2. The summed E-state index contributed by atoms with van der Waals surface area (Å²) in [5.41, 5.74) is 0.752. The van der Waals surface area contributed by atoms with Gasteiger partial charge < -0.3 is 19.2 Å². The summed E-state index contributed by atoms with van der Waals surface area (Å²) in [5.74, 6) is 0.601. The Morgan fingerprint density at radius 3 is 2.86 bits per heavy atom. The molecule has 7 heteroatoms. The monoisotopic (exact) mass is 325 g/mol. The van der Waals surface area contributed by atoms with Gasteiger partial charge in [-0.3, -0.25) is 0 Å². The molecule has 0 bridgehead atoms. The molecular formula is C15H20ClN3O3. The zero-order chi connectivity index (χ0) is 16.4. The minimum atomic E-state index is 0.188. The maximum atomic E-state index is 9.10. The summed E-state index contributed by atoms with van der Waals surface area (Å²) in [4.78, 5) is 4.11. The fourth-order valence-corrected chi connectivity index (χ4v) is 1.78. The Bertz CT molecular complexity index is 557. The SMILES string of the molecule is C=C/C(=C(\C)Cl)c1nc(C#N)c(NCCCOCCOC)o1. The smallest absolute Gasteiger partial charge is 0.232 e. The zero-order valence-electron chi connectivity index (χ0n) is 12.8. The van der Waals surface area contributed by atoms with E-state index in [9.17, 15) is 0 Å². The van der Waals surface area contributed by atoms with E-state index in [4.69, 9.17) is 30.8 Å². The van der Waals surface area contributed by atoms with E-state index in [1.54, 1.807) is 20.1 Å². The first-order chi connectivity index (χ1) is 10.6. The third-order valence-electron chi connectivity index (χ3n) is 2.72. The van der Waals surface area contributed by atoms with E-state index in [1.165, 1.54) is 0 Å². The number of oxazole rings is 1. The van der Waals surface area contributed by atoms with Crippen LogP contribution in [0.2, 0.25) is 0 Å². The molecule has 1 rings (SSSR count). The van der Waals surface area contributed by atoms with Gasteiger partial charge in [-0.1, -0.05) is 24.3 Å². The van der Waals surface area contributed by atoms with Crippen molar-refractivity contribution in [1.29, 1.82) is 5.26 Å². The highest BCUT2D eigenvalue weighted by Crippen LogP contribution is 2.26. The van der Waals surface area contributed by atoms with Gasteiger partial charge in [0.1, 0.15) is 6.07 Å². The fourth-order valence-electron chi connectivity index (χ4n) is 1.63. The van der Waals surface area contributed by atoms with Crippen molar-refractivity contribution < 1.29 is 13.9 Å². The van der Waals surface area contributed by atoms with Crippen LogP contribution in [-0.4, -0.2) is 38.5 Å². The minimum absolute atomic E-state index is 0.188. The number of nitriles is 1. The van der Waals surface area contributed by atoms with Crippen molar-refractivity contribution in [2.75, 3.05) is 38.8 Å². The number of anilines is 1. The highest BCUT2D eigenvalue weighted by Gasteiger charge is 2.15. The normalized spacial score (nSPS) is 11.7. The molecule has 0 unspecified atom stereocenters. The lowest BCUT2D eigenvalue weighted by molar-refractivity contribution is 0.0705. The van der Waals surface area contributed by atoms with Gasteiger partial charge in [-0.05, 0) is 13.3 Å². The van der Waals surface area contributed by atoms with Gasteiger partial charge in [-0.25, -0.2) is 0 Å². The summed E-state index contributed by atoms with van der Waals surface area (Å²) in [6.07, 6.45) is 2.31. The molecule has 1 heterocycles. The number of nitrogens with zero attached hydrogens (tertiary/aromatic N) is 2. The molecule has 0 saturated carbocycles. The van der Waals surface area contributed by atoms with E-state index in [-0.39, 0.29) is 11.6 Å². The van der Waals surface area contributed by atoms with E-state index in [0.717, 1.165) is 6.42 Å². The van der Waals surface area contributed by atoms with Crippen LogP contribution in [0.5, 0.6) is 0 Å². The van der Waals surface area contributed by atoms with Crippen molar-refractivity contribution in [2.24, 2.45) is 0 Å². The number of halogens is 1. The molecule has 1 N–H and O–H groups in total. The Balaban J connectivity index is 2.57. The lowest BCUT2D eigenvalue weighted by Crippen LogP contribution is -2.08. The number of rotatable bonds is 10. The number of methoxy groups -OCH3 is 1. The van der Waals surface area contributed by atoms with E-state index >= 15 is 0 Å². The molecule has 120 valence electrons. The Hall–Kier alpha value is -1.81. The van der Waals surface area contributed by atoms with Gasteiger partial charge in [0.15, 0.2) is 0 Å². The second-order valence-electron chi connectivity index (χ2n) is 4.35. The van der Waals surface area contributed by atoms with Crippen molar-refractivity contribution in [3.05, 3.63) is 29.3 Å². The van der Waals surface area contributed by atoms with Gasteiger partial charge in [0, 0.05) is 25.3 Å². The minimum Gasteiger partial charge on any atom is -0.419 e. The highest BCUT2D eigenvalue weighted by atomic mass is 35.5. The molecule has 6 nitrogen and oxygen atoms in total. The average Bonchev–Trinajstić information content (AvgIpc) is 2.89. The summed E-state index contributed by atoms with van der Waals surface area (Å²) >= 11 is 5.95. The van der Waals surface area contributed by atoms with Gasteiger partial charge in [-0.15, -0.1) is 0 Å². The van der Waals surface area contributed by atoms with Crippen molar-refractivity contribution in [2.45, 2.75) is 13.3 Å². The molecule has 0 aliphatic carbocycles. The topological polar surface area (TPSA) is 80.3 Å². The third-order valence-corrected chi connectivity index (χ3v) is 2.93. The summed E-state index contributed by atoms with van der Waals surface area (Å²) in [5, 5.41) is 12.6. The molecule has 0 spiro atoms. The van der Waals surface area contributed by atoms with Crippen LogP contribution in [0.4, 0.5) is 5.88 Å². The Morgan fingerprint density at radius 2 is 2.27 bits per heavy atom. The van der Waals surface area contributed by atoms with Crippen LogP contribution < -0.4 is 5.32 Å². The molecular weight excluding hydrogens is 306 g/mol. The molecule has 0 radical (unpaired) electrons. The van der Waals surface area contributed by atoms with Crippen molar-refractivity contribution in [3.8, 4) is 6.07 Å². The molecule has 0 aliphatic rings. The number of aromatic nitrogens is 1. The highest BCUT2D eigenvalue weighted by molar-refractivity contribution is 6.32. The number of hydrogen-bond acceptors (Lipinski definition) is 6. The van der Waals surface area contributed by atoms with Crippen LogP contribution in [0.3, 0.4) is 0 Å². The third kappa shape index (κ3) is 5.53. The molecule has 22 heavy (non-hydrogen) atoms. The van der Waals surface area contributed by atoms with Gasteiger partial charge in [0.2, 0.25) is 17.5 Å². The van der Waals surface area contributed by atoms with E-state index in [1.807, 2.05) is 6.07 Å². The predicted octanol–water partition coefficient (Wildman–Crippen LogP) is 3.17. The largest absolute Gasteiger partial charge is 0.419 e. The second-order valence-corrected chi connectivity index (χ2v) is 4.91. The maximum Gasteiger partial charge on any atom is 0.232 e. The lowest BCUT2D eigenvalue weighted by atomic mass is 10.2. The predicted molar refractivity (Wildman–Crippen MR) is 85.7 cm³/mol. The van der Waals surface area contributed by atoms with E-state index < -0.39 is 0 Å². The summed E-state index contributed by atoms with van der Waals surface area (Å²) in [6.45, 7) is 7.70. The Morgan fingerprint density at radius 1 is 1.50 bits per heavy atom. The van der Waals surface area contributed by atoms with Gasteiger partial charge in [0.05, 0.1) is 18.8 Å². The first kappa shape index (κ1) is 18.2. The first-order valence-corrected chi connectivity index (χ1v) is 7.22. The molecule has 0 aromatic carbocycles. The van der Waals surface area contributed by atoms with E-state index in [2.05, 4.69) is 16.9 Å². The lowest BCUT2D eigenvalue weighted by Gasteiger charge is -2.04. The van der Waals surface area contributed by atoms with Gasteiger partial charge in [-0.2, -0.15) is 10.2 Å². The van der Waals surface area contributed by atoms with Crippen LogP contribution in [0.1, 0.15) is 24.9 Å². The molecule has 1 aromatic rings. The Kier molecular flexibility index (Phi) is 8.30. The summed E-state index contributed by atoms with van der Waals surface area (Å²) < 4.78 is 15.8. The fraction of sp³-hybridized carbons (Fsp3) is 0.467. The number of allylic oxidation sites excluding steroid dienone is 3. The van der Waals surface area contributed by atoms with E-state index in [0.29, 0.717) is 42.9 Å². The van der Waals surface area contributed by atoms with Crippen LogP contribution >= 0.6 is 11.6 Å². The number of nitrogens with one attached hydrogen (secondary N) is 1. The molecule has 1 aromatic heterocycles. The molecule has 0 amide bonds. The van der Waals surface area contributed by atoms with Crippen molar-refractivity contribution >= 4 is 23.1 Å². The molecule has 0 saturated heterocycles. The van der Waals surface area contributed by atoms with Crippen molar-refractivity contribution in [3.63, 3.8) is 0 Å².